The molecule has 4 nitrogen and oxygen atoms in total. The quantitative estimate of drug-likeness (QED) is 0.695. The number of methoxy groups -OCH3 is 1. The van der Waals surface area contributed by atoms with Crippen molar-refractivity contribution < 1.29 is 14.6 Å². The zero-order valence-electron chi connectivity index (χ0n) is 11.0. The first-order valence-corrected chi connectivity index (χ1v) is 6.25. The van der Waals surface area contributed by atoms with Crippen LogP contribution in [0, 0.1) is 0 Å². The van der Waals surface area contributed by atoms with Crippen LogP contribution in [0.3, 0.4) is 0 Å². The summed E-state index contributed by atoms with van der Waals surface area (Å²) < 4.78 is 5.27. The summed E-state index contributed by atoms with van der Waals surface area (Å²) in [5, 5.41) is 11.8. The van der Waals surface area contributed by atoms with Crippen molar-refractivity contribution in [1.82, 2.24) is 5.32 Å². The molecule has 0 radical (unpaired) electrons. The van der Waals surface area contributed by atoms with Gasteiger partial charge in [0.2, 0.25) is 0 Å². The van der Waals surface area contributed by atoms with Gasteiger partial charge in [0.05, 0.1) is 7.11 Å². The van der Waals surface area contributed by atoms with Crippen LogP contribution in [0.1, 0.15) is 30.9 Å². The van der Waals surface area contributed by atoms with Crippen LogP contribution in [0.5, 0.6) is 5.75 Å². The second-order valence-electron chi connectivity index (χ2n) is 4.17. The predicted octanol–water partition coefficient (Wildman–Crippen LogP) is 2.21. The van der Waals surface area contributed by atoms with E-state index in [1.807, 2.05) is 12.1 Å². The second kappa shape index (κ2) is 7.71. The van der Waals surface area contributed by atoms with Gasteiger partial charge in [0.25, 0.3) is 0 Å². The van der Waals surface area contributed by atoms with Crippen LogP contribution < -0.4 is 10.1 Å². The molecule has 0 heterocycles. The van der Waals surface area contributed by atoms with Crippen LogP contribution in [-0.4, -0.2) is 24.7 Å². The van der Waals surface area contributed by atoms with E-state index in [-0.39, 0.29) is 6.42 Å². The minimum Gasteiger partial charge on any atom is -0.496 e. The minimum atomic E-state index is -0.741. The molecule has 0 saturated carbocycles. The maximum Gasteiger partial charge on any atom is 0.303 e. The number of aliphatic carboxylic acids is 1. The Labute approximate surface area is 108 Å². The number of ether oxygens (including phenoxy) is 1. The highest BCUT2D eigenvalue weighted by Crippen LogP contribution is 2.20. The molecular weight excluding hydrogens is 230 g/mol. The number of hydrogen-bond donors (Lipinski definition) is 2. The third-order valence-corrected chi connectivity index (χ3v) is 2.80. The van der Waals surface area contributed by atoms with Gasteiger partial charge in [-0.2, -0.15) is 0 Å². The van der Waals surface area contributed by atoms with Crippen LogP contribution in [0.15, 0.2) is 18.2 Å². The third-order valence-electron chi connectivity index (χ3n) is 2.80. The Kier molecular flexibility index (Phi) is 6.22. The van der Waals surface area contributed by atoms with E-state index in [9.17, 15) is 4.79 Å². The fraction of sp³-hybridized carbons (Fsp3) is 0.500. The lowest BCUT2D eigenvalue weighted by atomic mass is 10.1. The van der Waals surface area contributed by atoms with Crippen LogP contribution in [0.4, 0.5) is 0 Å². The standard InChI is InChI=1S/C14H21NO3/c1-3-12-9-11(6-7-13(12)18-2)10-15-8-4-5-14(16)17/h6-7,9,15H,3-5,8,10H2,1-2H3,(H,16,17). The highest BCUT2D eigenvalue weighted by atomic mass is 16.5. The SMILES string of the molecule is CCc1cc(CNCCCC(=O)O)ccc1OC. The fourth-order valence-corrected chi connectivity index (χ4v) is 1.82. The van der Waals surface area contributed by atoms with Gasteiger partial charge in [-0.05, 0) is 36.6 Å². The summed E-state index contributed by atoms with van der Waals surface area (Å²) in [5.74, 6) is 0.182. The third kappa shape index (κ3) is 4.75. The van der Waals surface area contributed by atoms with E-state index in [0.717, 1.165) is 25.3 Å². The number of hydrogen-bond acceptors (Lipinski definition) is 3. The lowest BCUT2D eigenvalue weighted by Crippen LogP contribution is -2.15. The van der Waals surface area contributed by atoms with Crippen molar-refractivity contribution in [2.75, 3.05) is 13.7 Å². The molecule has 4 heteroatoms. The number of carboxylic acid groups (broad SMARTS) is 1. The average Bonchev–Trinajstić information content (AvgIpc) is 2.37. The first kappa shape index (κ1) is 14.5. The number of carboxylic acids is 1. The fourth-order valence-electron chi connectivity index (χ4n) is 1.82. The van der Waals surface area contributed by atoms with Gasteiger partial charge in [-0.15, -0.1) is 0 Å². The Balaban J connectivity index is 2.40. The van der Waals surface area contributed by atoms with E-state index >= 15 is 0 Å². The molecule has 0 aliphatic rings. The highest BCUT2D eigenvalue weighted by molar-refractivity contribution is 5.66. The van der Waals surface area contributed by atoms with Crippen molar-refractivity contribution >= 4 is 5.97 Å². The van der Waals surface area contributed by atoms with Gasteiger partial charge in [0.1, 0.15) is 5.75 Å². The number of rotatable bonds is 8. The lowest BCUT2D eigenvalue weighted by molar-refractivity contribution is -0.137. The van der Waals surface area contributed by atoms with E-state index in [1.165, 1.54) is 11.1 Å². The van der Waals surface area contributed by atoms with Gasteiger partial charge in [-0.25, -0.2) is 0 Å². The van der Waals surface area contributed by atoms with E-state index in [4.69, 9.17) is 9.84 Å². The van der Waals surface area contributed by atoms with Crippen molar-refractivity contribution in [1.29, 1.82) is 0 Å². The summed E-state index contributed by atoms with van der Waals surface area (Å²) in [6.07, 6.45) is 1.82. The first-order chi connectivity index (χ1) is 8.67. The summed E-state index contributed by atoms with van der Waals surface area (Å²) in [6.45, 7) is 3.58. The minimum absolute atomic E-state index is 0.218. The van der Waals surface area contributed by atoms with E-state index in [1.54, 1.807) is 7.11 Å². The molecule has 0 aromatic heterocycles. The summed E-state index contributed by atoms with van der Waals surface area (Å²) in [7, 11) is 1.68. The molecule has 100 valence electrons. The Hall–Kier alpha value is -1.55. The van der Waals surface area contributed by atoms with Crippen LogP contribution >= 0.6 is 0 Å². The van der Waals surface area contributed by atoms with Gasteiger partial charge < -0.3 is 15.2 Å². The second-order valence-corrected chi connectivity index (χ2v) is 4.17. The van der Waals surface area contributed by atoms with Crippen molar-refractivity contribution in [2.45, 2.75) is 32.7 Å². The van der Waals surface area contributed by atoms with Crippen molar-refractivity contribution in [3.8, 4) is 5.75 Å². The van der Waals surface area contributed by atoms with Crippen molar-refractivity contribution in [3.05, 3.63) is 29.3 Å². The number of carbonyl (C=O) groups is 1. The number of aryl methyl sites for hydroxylation is 1. The zero-order valence-corrected chi connectivity index (χ0v) is 11.0. The van der Waals surface area contributed by atoms with Gasteiger partial charge in [-0.3, -0.25) is 4.79 Å². The Morgan fingerprint density at radius 2 is 2.22 bits per heavy atom. The largest absolute Gasteiger partial charge is 0.496 e. The van der Waals surface area contributed by atoms with Gasteiger partial charge >= 0.3 is 5.97 Å². The molecule has 0 atom stereocenters. The lowest BCUT2D eigenvalue weighted by Gasteiger charge is -2.10. The van der Waals surface area contributed by atoms with Crippen molar-refractivity contribution in [2.24, 2.45) is 0 Å². The smallest absolute Gasteiger partial charge is 0.303 e. The molecule has 0 aliphatic heterocycles. The van der Waals surface area contributed by atoms with Crippen LogP contribution in [0.25, 0.3) is 0 Å². The van der Waals surface area contributed by atoms with E-state index in [0.29, 0.717) is 6.42 Å². The molecule has 2 N–H and O–H groups in total. The first-order valence-electron chi connectivity index (χ1n) is 6.25. The summed E-state index contributed by atoms with van der Waals surface area (Å²) >= 11 is 0. The van der Waals surface area contributed by atoms with Gasteiger partial charge in [0, 0.05) is 13.0 Å². The van der Waals surface area contributed by atoms with Gasteiger partial charge in [0.15, 0.2) is 0 Å². The molecule has 18 heavy (non-hydrogen) atoms. The Morgan fingerprint density at radius 3 is 2.83 bits per heavy atom. The van der Waals surface area contributed by atoms with E-state index < -0.39 is 5.97 Å². The maximum absolute atomic E-state index is 10.3. The molecule has 0 amide bonds. The molecule has 0 saturated heterocycles. The molecule has 0 aliphatic carbocycles. The summed E-state index contributed by atoms with van der Waals surface area (Å²) in [6, 6.07) is 6.14. The molecule has 1 rings (SSSR count). The summed E-state index contributed by atoms with van der Waals surface area (Å²) in [5.41, 5.74) is 2.39. The Morgan fingerprint density at radius 1 is 1.44 bits per heavy atom. The molecule has 0 spiro atoms. The predicted molar refractivity (Wildman–Crippen MR) is 70.9 cm³/mol. The average molecular weight is 251 g/mol. The normalized spacial score (nSPS) is 10.3. The van der Waals surface area contributed by atoms with Gasteiger partial charge in [-0.1, -0.05) is 19.1 Å². The number of benzene rings is 1. The van der Waals surface area contributed by atoms with E-state index in [2.05, 4.69) is 18.3 Å². The van der Waals surface area contributed by atoms with Crippen LogP contribution in [-0.2, 0) is 17.8 Å². The Bertz CT molecular complexity index is 391. The molecule has 1 aromatic carbocycles. The monoisotopic (exact) mass is 251 g/mol. The zero-order chi connectivity index (χ0) is 13.4. The van der Waals surface area contributed by atoms with Crippen molar-refractivity contribution in [3.63, 3.8) is 0 Å². The maximum atomic E-state index is 10.3. The van der Waals surface area contributed by atoms with Crippen LogP contribution in [0.2, 0.25) is 0 Å². The molecule has 0 bridgehead atoms. The molecule has 0 unspecified atom stereocenters. The number of nitrogens with one attached hydrogen (secondary N) is 1. The topological polar surface area (TPSA) is 58.6 Å². The molecule has 0 fully saturated rings. The molecule has 1 aromatic rings. The highest BCUT2D eigenvalue weighted by Gasteiger charge is 2.02. The molecular formula is C14H21NO3. The summed E-state index contributed by atoms with van der Waals surface area (Å²) in [4.78, 5) is 10.3.